The summed E-state index contributed by atoms with van der Waals surface area (Å²) in [4.78, 5) is 25.6. The van der Waals surface area contributed by atoms with Crippen molar-refractivity contribution >= 4 is 17.7 Å². The van der Waals surface area contributed by atoms with Gasteiger partial charge >= 0.3 is 12.0 Å². The summed E-state index contributed by atoms with van der Waals surface area (Å²) in [5, 5.41) is 27.1. The fourth-order valence-electron chi connectivity index (χ4n) is 1.72. The lowest BCUT2D eigenvalue weighted by Gasteiger charge is -2.28. The Bertz CT molecular complexity index is 460. The molecule has 0 heterocycles. The highest BCUT2D eigenvalue weighted by Gasteiger charge is 2.23. The van der Waals surface area contributed by atoms with Gasteiger partial charge in [0.2, 0.25) is 0 Å². The zero-order valence-electron chi connectivity index (χ0n) is 11.2. The molecule has 0 spiro atoms. The molecule has 0 atom stereocenters. The van der Waals surface area contributed by atoms with Crippen LogP contribution in [0, 0.1) is 0 Å². The molecule has 0 saturated carbocycles. The number of aliphatic hydroxyl groups is 1. The first-order valence-electron chi connectivity index (χ1n) is 6.17. The first-order chi connectivity index (χ1) is 9.49. The van der Waals surface area contributed by atoms with Crippen LogP contribution in [0.4, 0.5) is 10.5 Å². The van der Waals surface area contributed by atoms with Gasteiger partial charge in [-0.2, -0.15) is 0 Å². The molecule has 0 aromatic heterocycles. The van der Waals surface area contributed by atoms with Gasteiger partial charge in [-0.05, 0) is 31.2 Å². The van der Waals surface area contributed by atoms with Crippen molar-refractivity contribution in [2.75, 3.05) is 31.1 Å². The summed E-state index contributed by atoms with van der Waals surface area (Å²) in [5.41, 5.74) is 0.367. The number of benzene rings is 1. The molecule has 2 amide bonds. The van der Waals surface area contributed by atoms with Gasteiger partial charge in [0.15, 0.2) is 0 Å². The number of phenols is 1. The molecular weight excluding hydrogens is 264 g/mol. The number of hydrogen-bond donors (Lipinski definition) is 3. The zero-order valence-corrected chi connectivity index (χ0v) is 11.2. The maximum Gasteiger partial charge on any atom is 0.325 e. The topological polar surface area (TPSA) is 101 Å². The second kappa shape index (κ2) is 7.34. The molecule has 1 rings (SSSR count). The number of anilines is 1. The normalized spacial score (nSPS) is 10.1. The predicted octanol–water partition coefficient (Wildman–Crippen LogP) is 0.717. The minimum atomic E-state index is -1.15. The Balaban J connectivity index is 3.01. The van der Waals surface area contributed by atoms with Crippen LogP contribution < -0.4 is 4.90 Å². The van der Waals surface area contributed by atoms with Crippen molar-refractivity contribution in [2.24, 2.45) is 0 Å². The first-order valence-corrected chi connectivity index (χ1v) is 6.17. The van der Waals surface area contributed by atoms with E-state index in [-0.39, 0.29) is 18.9 Å². The number of nitrogens with zero attached hydrogens (tertiary/aromatic N) is 2. The average Bonchev–Trinajstić information content (AvgIpc) is 2.42. The third-order valence-corrected chi connectivity index (χ3v) is 2.71. The molecule has 20 heavy (non-hydrogen) atoms. The lowest BCUT2D eigenvalue weighted by atomic mass is 10.2. The largest absolute Gasteiger partial charge is 0.508 e. The summed E-state index contributed by atoms with van der Waals surface area (Å²) in [6.45, 7) is 1.53. The van der Waals surface area contributed by atoms with Crippen LogP contribution in [0.5, 0.6) is 5.75 Å². The van der Waals surface area contributed by atoms with Crippen LogP contribution in [-0.4, -0.2) is 58.5 Å². The molecule has 110 valence electrons. The van der Waals surface area contributed by atoms with Crippen LogP contribution >= 0.6 is 0 Å². The van der Waals surface area contributed by atoms with Crippen molar-refractivity contribution in [1.29, 1.82) is 0 Å². The highest BCUT2D eigenvalue weighted by molar-refractivity contribution is 5.96. The molecule has 0 fully saturated rings. The standard InChI is InChI=1S/C13H18N2O5/c1-2-14(7-8-16)13(20)15(9-12(18)19)10-3-5-11(17)6-4-10/h3-6,16-17H,2,7-9H2,1H3,(H,18,19). The summed E-state index contributed by atoms with van der Waals surface area (Å²) in [6.07, 6.45) is 0. The van der Waals surface area contributed by atoms with E-state index in [2.05, 4.69) is 0 Å². The summed E-state index contributed by atoms with van der Waals surface area (Å²) in [5.74, 6) is -1.12. The van der Waals surface area contributed by atoms with E-state index in [9.17, 15) is 14.7 Å². The summed E-state index contributed by atoms with van der Waals surface area (Å²) in [6, 6.07) is 5.17. The smallest absolute Gasteiger partial charge is 0.325 e. The van der Waals surface area contributed by atoms with E-state index in [1.165, 1.54) is 29.2 Å². The van der Waals surface area contributed by atoms with Crippen LogP contribution in [0.2, 0.25) is 0 Å². The second-order valence-corrected chi connectivity index (χ2v) is 4.08. The third kappa shape index (κ3) is 4.13. The number of phenolic OH excluding ortho intramolecular Hbond substituents is 1. The SMILES string of the molecule is CCN(CCO)C(=O)N(CC(=O)O)c1ccc(O)cc1. The van der Waals surface area contributed by atoms with Gasteiger partial charge in [0, 0.05) is 18.8 Å². The van der Waals surface area contributed by atoms with Crippen molar-refractivity contribution in [2.45, 2.75) is 6.92 Å². The average molecular weight is 282 g/mol. The molecule has 7 heteroatoms. The van der Waals surface area contributed by atoms with E-state index < -0.39 is 18.5 Å². The molecule has 0 aliphatic rings. The third-order valence-electron chi connectivity index (χ3n) is 2.71. The Kier molecular flexibility index (Phi) is 5.79. The molecule has 7 nitrogen and oxygen atoms in total. The molecule has 0 unspecified atom stereocenters. The summed E-state index contributed by atoms with van der Waals surface area (Å²) < 4.78 is 0. The predicted molar refractivity (Wildman–Crippen MR) is 72.8 cm³/mol. The van der Waals surface area contributed by atoms with Crippen molar-refractivity contribution < 1.29 is 24.9 Å². The minimum Gasteiger partial charge on any atom is -0.508 e. The number of rotatable bonds is 6. The molecule has 1 aromatic carbocycles. The fourth-order valence-corrected chi connectivity index (χ4v) is 1.72. The number of hydrogen-bond acceptors (Lipinski definition) is 4. The second-order valence-electron chi connectivity index (χ2n) is 4.08. The number of amides is 2. The van der Waals surface area contributed by atoms with Crippen molar-refractivity contribution in [1.82, 2.24) is 4.90 Å². The number of aromatic hydroxyl groups is 1. The van der Waals surface area contributed by atoms with Crippen molar-refractivity contribution in [3.63, 3.8) is 0 Å². The Labute approximate surface area is 116 Å². The van der Waals surface area contributed by atoms with Gasteiger partial charge in [0.05, 0.1) is 6.61 Å². The highest BCUT2D eigenvalue weighted by Crippen LogP contribution is 2.19. The number of urea groups is 1. The van der Waals surface area contributed by atoms with E-state index in [1.54, 1.807) is 6.92 Å². The van der Waals surface area contributed by atoms with E-state index >= 15 is 0 Å². The van der Waals surface area contributed by atoms with Gasteiger partial charge in [0.25, 0.3) is 0 Å². The quantitative estimate of drug-likeness (QED) is 0.713. The van der Waals surface area contributed by atoms with Gasteiger partial charge in [-0.25, -0.2) is 4.79 Å². The lowest BCUT2D eigenvalue weighted by Crippen LogP contribution is -2.46. The Morgan fingerprint density at radius 1 is 1.20 bits per heavy atom. The molecule has 0 aliphatic carbocycles. The van der Waals surface area contributed by atoms with Gasteiger partial charge in [-0.1, -0.05) is 0 Å². The van der Waals surface area contributed by atoms with Gasteiger partial charge in [-0.15, -0.1) is 0 Å². The number of carbonyl (C=O) groups is 2. The van der Waals surface area contributed by atoms with Crippen LogP contribution in [0.1, 0.15) is 6.92 Å². The highest BCUT2D eigenvalue weighted by atomic mass is 16.4. The number of carboxylic acids is 1. The molecule has 1 aromatic rings. The molecule has 0 saturated heterocycles. The van der Waals surface area contributed by atoms with Crippen LogP contribution in [0.3, 0.4) is 0 Å². The number of aliphatic carboxylic acids is 1. The number of aliphatic hydroxyl groups excluding tert-OH is 1. The van der Waals surface area contributed by atoms with Gasteiger partial charge in [-0.3, -0.25) is 9.69 Å². The molecule has 0 radical (unpaired) electrons. The molecule has 0 aliphatic heterocycles. The Morgan fingerprint density at radius 3 is 2.25 bits per heavy atom. The van der Waals surface area contributed by atoms with Crippen LogP contribution in [0.15, 0.2) is 24.3 Å². The number of likely N-dealkylation sites (N-methyl/N-ethyl adjacent to an activating group) is 1. The van der Waals surface area contributed by atoms with E-state index in [0.29, 0.717) is 12.2 Å². The van der Waals surface area contributed by atoms with Crippen LogP contribution in [-0.2, 0) is 4.79 Å². The molecule has 3 N–H and O–H groups in total. The van der Waals surface area contributed by atoms with E-state index in [4.69, 9.17) is 10.2 Å². The van der Waals surface area contributed by atoms with Gasteiger partial charge < -0.3 is 20.2 Å². The van der Waals surface area contributed by atoms with E-state index in [0.717, 1.165) is 4.90 Å². The maximum absolute atomic E-state index is 12.3. The van der Waals surface area contributed by atoms with Crippen molar-refractivity contribution in [3.05, 3.63) is 24.3 Å². The summed E-state index contributed by atoms with van der Waals surface area (Å²) >= 11 is 0. The maximum atomic E-state index is 12.3. The number of carboxylic acid groups (broad SMARTS) is 1. The Morgan fingerprint density at radius 2 is 1.80 bits per heavy atom. The summed E-state index contributed by atoms with van der Waals surface area (Å²) in [7, 11) is 0. The Hall–Kier alpha value is -2.28. The minimum absolute atomic E-state index is 0.0270. The molecular formula is C13H18N2O5. The number of carbonyl (C=O) groups excluding carboxylic acids is 1. The fraction of sp³-hybridized carbons (Fsp3) is 0.385. The molecule has 0 bridgehead atoms. The lowest BCUT2D eigenvalue weighted by molar-refractivity contribution is -0.135. The zero-order chi connectivity index (χ0) is 15.1. The first kappa shape index (κ1) is 15.8. The van der Waals surface area contributed by atoms with Gasteiger partial charge in [0.1, 0.15) is 12.3 Å². The van der Waals surface area contributed by atoms with E-state index in [1.807, 2.05) is 0 Å². The van der Waals surface area contributed by atoms with Crippen LogP contribution in [0.25, 0.3) is 0 Å². The monoisotopic (exact) mass is 282 g/mol. The van der Waals surface area contributed by atoms with Crippen molar-refractivity contribution in [3.8, 4) is 5.75 Å².